The lowest BCUT2D eigenvalue weighted by atomic mass is 10.2. The minimum Gasteiger partial charge on any atom is -0.391 e. The molecule has 82 valence electrons. The molecule has 0 aliphatic heterocycles. The second-order valence-corrected chi connectivity index (χ2v) is 3.22. The number of hydrogen-bond acceptors (Lipinski definition) is 4. The summed E-state index contributed by atoms with van der Waals surface area (Å²) in [6.07, 6.45) is -0.654. The molecule has 0 bridgehead atoms. The first-order chi connectivity index (χ1) is 7.22. The van der Waals surface area contributed by atoms with E-state index in [1.165, 1.54) is 0 Å². The van der Waals surface area contributed by atoms with Crippen LogP contribution in [0, 0.1) is 4.91 Å². The Morgan fingerprint density at radius 1 is 1.47 bits per heavy atom. The first-order valence-corrected chi connectivity index (χ1v) is 4.68. The van der Waals surface area contributed by atoms with Gasteiger partial charge in [-0.2, -0.15) is 0 Å². The number of hydrogen-bond donors (Lipinski definition) is 1. The second-order valence-electron chi connectivity index (χ2n) is 3.22. The van der Waals surface area contributed by atoms with E-state index >= 15 is 0 Å². The molecule has 0 fully saturated rings. The largest absolute Gasteiger partial charge is 0.391 e. The van der Waals surface area contributed by atoms with Crippen molar-refractivity contribution in [2.45, 2.75) is 19.6 Å². The van der Waals surface area contributed by atoms with Gasteiger partial charge in [0.2, 0.25) is 0 Å². The van der Waals surface area contributed by atoms with Crippen molar-refractivity contribution in [1.82, 2.24) is 5.17 Å². The van der Waals surface area contributed by atoms with E-state index < -0.39 is 6.10 Å². The molecule has 0 amide bonds. The first kappa shape index (κ1) is 11.6. The van der Waals surface area contributed by atoms with Gasteiger partial charge in [-0.1, -0.05) is 30.3 Å². The standard InChI is InChI=1S/C10H14N2O3/c1-9(13)7-12(11-14)15-8-10-5-3-2-4-6-10/h2-6,9,13H,7-8H2,1H3. The smallest absolute Gasteiger partial charge is 0.102 e. The van der Waals surface area contributed by atoms with Crippen LogP contribution in [0.5, 0.6) is 0 Å². The summed E-state index contributed by atoms with van der Waals surface area (Å²) in [5, 5.41) is 12.5. The Kier molecular flexibility index (Phi) is 4.73. The predicted octanol–water partition coefficient (Wildman–Crippen LogP) is 1.48. The zero-order valence-corrected chi connectivity index (χ0v) is 8.54. The lowest BCUT2D eigenvalue weighted by molar-refractivity contribution is -0.183. The Morgan fingerprint density at radius 3 is 2.67 bits per heavy atom. The Hall–Kier alpha value is -1.46. The molecule has 0 aromatic heterocycles. The number of benzene rings is 1. The van der Waals surface area contributed by atoms with Crippen molar-refractivity contribution in [3.63, 3.8) is 0 Å². The summed E-state index contributed by atoms with van der Waals surface area (Å²) in [6.45, 7) is 1.89. The lowest BCUT2D eigenvalue weighted by Crippen LogP contribution is -2.26. The van der Waals surface area contributed by atoms with Crippen molar-refractivity contribution in [2.24, 2.45) is 5.29 Å². The Bertz CT molecular complexity index is 290. The van der Waals surface area contributed by atoms with Gasteiger partial charge in [0.15, 0.2) is 0 Å². The summed E-state index contributed by atoms with van der Waals surface area (Å²) in [5.74, 6) is 0. The molecule has 15 heavy (non-hydrogen) atoms. The maximum atomic E-state index is 10.3. The molecule has 1 aromatic rings. The van der Waals surface area contributed by atoms with Crippen LogP contribution in [0.4, 0.5) is 0 Å². The van der Waals surface area contributed by atoms with E-state index in [9.17, 15) is 4.91 Å². The van der Waals surface area contributed by atoms with Crippen LogP contribution in [0.2, 0.25) is 0 Å². The maximum absolute atomic E-state index is 10.3. The molecule has 0 heterocycles. The quantitative estimate of drug-likeness (QED) is 0.570. The fourth-order valence-electron chi connectivity index (χ4n) is 1.06. The van der Waals surface area contributed by atoms with Crippen molar-refractivity contribution in [3.8, 4) is 0 Å². The number of nitroso groups, excluding NO2 is 1. The van der Waals surface area contributed by atoms with E-state index in [-0.39, 0.29) is 13.2 Å². The molecule has 0 saturated heterocycles. The van der Waals surface area contributed by atoms with E-state index in [2.05, 4.69) is 5.29 Å². The van der Waals surface area contributed by atoms with E-state index in [4.69, 9.17) is 9.94 Å². The average Bonchev–Trinajstić information content (AvgIpc) is 2.25. The summed E-state index contributed by atoms with van der Waals surface area (Å²) in [5.41, 5.74) is 0.941. The van der Waals surface area contributed by atoms with Crippen LogP contribution in [0.1, 0.15) is 12.5 Å². The van der Waals surface area contributed by atoms with Crippen LogP contribution in [-0.4, -0.2) is 22.9 Å². The van der Waals surface area contributed by atoms with Gasteiger partial charge in [0.05, 0.1) is 17.9 Å². The predicted molar refractivity (Wildman–Crippen MR) is 55.4 cm³/mol. The lowest BCUT2D eigenvalue weighted by Gasteiger charge is -2.15. The van der Waals surface area contributed by atoms with Crippen LogP contribution < -0.4 is 0 Å². The third kappa shape index (κ3) is 4.53. The van der Waals surface area contributed by atoms with Gasteiger partial charge in [0.25, 0.3) is 0 Å². The molecule has 0 radical (unpaired) electrons. The molecule has 0 spiro atoms. The number of aliphatic hydroxyl groups excluding tert-OH is 1. The molecule has 1 N–H and O–H groups in total. The van der Waals surface area contributed by atoms with Gasteiger partial charge in [-0.05, 0) is 12.5 Å². The number of nitrogens with zero attached hydrogens (tertiary/aromatic N) is 2. The molecule has 0 aliphatic rings. The van der Waals surface area contributed by atoms with E-state index in [1.54, 1.807) is 6.92 Å². The number of rotatable bonds is 6. The minimum absolute atomic E-state index is 0.0658. The van der Waals surface area contributed by atoms with Crippen LogP contribution in [0.3, 0.4) is 0 Å². The van der Waals surface area contributed by atoms with Gasteiger partial charge >= 0.3 is 0 Å². The molecular formula is C10H14N2O3. The fourth-order valence-corrected chi connectivity index (χ4v) is 1.06. The topological polar surface area (TPSA) is 62.1 Å². The number of hydroxylamine groups is 1. The highest BCUT2D eigenvalue weighted by Crippen LogP contribution is 2.03. The van der Waals surface area contributed by atoms with Crippen molar-refractivity contribution < 1.29 is 9.94 Å². The van der Waals surface area contributed by atoms with Gasteiger partial charge in [-0.25, -0.2) is 4.84 Å². The van der Waals surface area contributed by atoms with Crippen molar-refractivity contribution in [2.75, 3.05) is 6.54 Å². The van der Waals surface area contributed by atoms with Crippen molar-refractivity contribution in [3.05, 3.63) is 40.8 Å². The molecule has 1 rings (SSSR count). The molecule has 1 aromatic carbocycles. The molecule has 0 aliphatic carbocycles. The van der Waals surface area contributed by atoms with Crippen molar-refractivity contribution >= 4 is 0 Å². The van der Waals surface area contributed by atoms with Gasteiger partial charge in [-0.3, -0.25) is 0 Å². The highest BCUT2D eigenvalue weighted by molar-refractivity contribution is 5.13. The summed E-state index contributed by atoms with van der Waals surface area (Å²) in [6, 6.07) is 9.42. The zero-order valence-electron chi connectivity index (χ0n) is 8.54. The zero-order chi connectivity index (χ0) is 11.1. The SMILES string of the molecule is CC(O)CN(N=O)OCc1ccccc1. The van der Waals surface area contributed by atoms with Gasteiger partial charge < -0.3 is 5.11 Å². The third-order valence-electron chi connectivity index (χ3n) is 1.73. The van der Waals surface area contributed by atoms with Crippen LogP contribution in [0.25, 0.3) is 0 Å². The number of aliphatic hydroxyl groups is 1. The summed E-state index contributed by atoms with van der Waals surface area (Å²) in [7, 11) is 0. The molecular weight excluding hydrogens is 196 g/mol. The van der Waals surface area contributed by atoms with Crippen LogP contribution >= 0.6 is 0 Å². The molecule has 5 nitrogen and oxygen atoms in total. The van der Waals surface area contributed by atoms with E-state index in [0.29, 0.717) is 0 Å². The molecule has 1 atom stereocenters. The van der Waals surface area contributed by atoms with Gasteiger partial charge in [-0.15, -0.1) is 10.1 Å². The third-order valence-corrected chi connectivity index (χ3v) is 1.73. The van der Waals surface area contributed by atoms with Gasteiger partial charge in [0.1, 0.15) is 6.61 Å². The molecule has 1 unspecified atom stereocenters. The Balaban J connectivity index is 2.38. The summed E-state index contributed by atoms with van der Waals surface area (Å²) >= 11 is 0. The molecule has 5 heteroatoms. The van der Waals surface area contributed by atoms with E-state index in [0.717, 1.165) is 10.7 Å². The minimum atomic E-state index is -0.654. The maximum Gasteiger partial charge on any atom is 0.102 e. The van der Waals surface area contributed by atoms with E-state index in [1.807, 2.05) is 30.3 Å². The van der Waals surface area contributed by atoms with Crippen LogP contribution in [0.15, 0.2) is 35.6 Å². The normalized spacial score (nSPS) is 12.1. The second kappa shape index (κ2) is 6.10. The van der Waals surface area contributed by atoms with Crippen molar-refractivity contribution in [1.29, 1.82) is 0 Å². The average molecular weight is 210 g/mol. The summed E-state index contributed by atoms with van der Waals surface area (Å²) < 4.78 is 0. The highest BCUT2D eigenvalue weighted by atomic mass is 16.7. The monoisotopic (exact) mass is 210 g/mol. The Morgan fingerprint density at radius 2 is 2.13 bits per heavy atom. The summed E-state index contributed by atoms with van der Waals surface area (Å²) in [4.78, 5) is 15.4. The molecule has 0 saturated carbocycles. The van der Waals surface area contributed by atoms with Gasteiger partial charge in [0, 0.05) is 0 Å². The highest BCUT2D eigenvalue weighted by Gasteiger charge is 2.07. The van der Waals surface area contributed by atoms with Crippen LogP contribution in [-0.2, 0) is 11.4 Å². The Labute approximate surface area is 88.2 Å². The fraction of sp³-hybridized carbons (Fsp3) is 0.400. The first-order valence-electron chi connectivity index (χ1n) is 4.68.